The predicted molar refractivity (Wildman–Crippen MR) is 90.6 cm³/mol. The Morgan fingerprint density at radius 2 is 2.00 bits per heavy atom. The van der Waals surface area contributed by atoms with Crippen LogP contribution in [0.15, 0.2) is 18.5 Å². The summed E-state index contributed by atoms with van der Waals surface area (Å²) in [6, 6.07) is 4.29. The first-order valence-electron chi connectivity index (χ1n) is 8.21. The summed E-state index contributed by atoms with van der Waals surface area (Å²) >= 11 is 0. The van der Waals surface area contributed by atoms with Crippen molar-refractivity contribution in [3.63, 3.8) is 0 Å². The van der Waals surface area contributed by atoms with Gasteiger partial charge in [0.1, 0.15) is 12.1 Å². The van der Waals surface area contributed by atoms with Crippen molar-refractivity contribution in [1.29, 1.82) is 0 Å². The lowest BCUT2D eigenvalue weighted by molar-refractivity contribution is -0.143. The molecular formula is C18H23N3O2. The smallest absolute Gasteiger partial charge is 0.305 e. The second-order valence-electron chi connectivity index (χ2n) is 6.27. The maximum absolute atomic E-state index is 11.4. The van der Waals surface area contributed by atoms with Crippen LogP contribution in [-0.4, -0.2) is 35.6 Å². The molecule has 23 heavy (non-hydrogen) atoms. The van der Waals surface area contributed by atoms with Crippen molar-refractivity contribution in [1.82, 2.24) is 9.97 Å². The normalized spacial score (nSPS) is 14.8. The molecule has 1 aromatic carbocycles. The molecule has 0 saturated carbocycles. The van der Waals surface area contributed by atoms with Crippen molar-refractivity contribution in [2.45, 2.75) is 33.6 Å². The van der Waals surface area contributed by atoms with Gasteiger partial charge in [0.25, 0.3) is 0 Å². The topological polar surface area (TPSA) is 55.3 Å². The van der Waals surface area contributed by atoms with Gasteiger partial charge in [-0.3, -0.25) is 4.79 Å². The monoisotopic (exact) mass is 313 g/mol. The van der Waals surface area contributed by atoms with E-state index in [0.717, 1.165) is 36.2 Å². The summed E-state index contributed by atoms with van der Waals surface area (Å²) in [5, 5.41) is 1.11. The molecule has 0 amide bonds. The minimum atomic E-state index is -0.0930. The van der Waals surface area contributed by atoms with Gasteiger partial charge in [-0.05, 0) is 56.4 Å². The zero-order valence-electron chi connectivity index (χ0n) is 14.0. The Morgan fingerprint density at radius 1 is 1.26 bits per heavy atom. The van der Waals surface area contributed by atoms with Crippen molar-refractivity contribution in [2.24, 2.45) is 5.92 Å². The first-order valence-corrected chi connectivity index (χ1v) is 8.21. The fourth-order valence-electron chi connectivity index (χ4n) is 3.03. The third-order valence-corrected chi connectivity index (χ3v) is 4.55. The first kappa shape index (κ1) is 15.7. The van der Waals surface area contributed by atoms with Crippen LogP contribution >= 0.6 is 0 Å². The van der Waals surface area contributed by atoms with Crippen LogP contribution in [0.3, 0.4) is 0 Å². The molecule has 122 valence electrons. The highest BCUT2D eigenvalue weighted by Gasteiger charge is 2.29. The Morgan fingerprint density at radius 3 is 2.74 bits per heavy atom. The molecule has 2 heterocycles. The van der Waals surface area contributed by atoms with Gasteiger partial charge in [-0.25, -0.2) is 9.97 Å². The summed E-state index contributed by atoms with van der Waals surface area (Å²) in [6.07, 6.45) is 3.03. The Kier molecular flexibility index (Phi) is 4.46. The third-order valence-electron chi connectivity index (χ3n) is 4.55. The average molecular weight is 313 g/mol. The Balaban J connectivity index is 1.67. The van der Waals surface area contributed by atoms with Crippen molar-refractivity contribution >= 4 is 22.7 Å². The first-order chi connectivity index (χ1) is 11.1. The van der Waals surface area contributed by atoms with Crippen LogP contribution in [0, 0.1) is 19.8 Å². The third kappa shape index (κ3) is 3.28. The number of ether oxygens (including phenoxy) is 1. The van der Waals surface area contributed by atoms with E-state index in [-0.39, 0.29) is 5.97 Å². The number of fused-ring (bicyclic) bond motifs is 1. The lowest BCUT2D eigenvalue weighted by Crippen LogP contribution is -2.47. The number of carbonyl (C=O) groups is 1. The number of aryl methyl sites for hydroxylation is 2. The Bertz CT molecular complexity index is 724. The van der Waals surface area contributed by atoms with Gasteiger partial charge in [0.05, 0.1) is 12.1 Å². The largest absolute Gasteiger partial charge is 0.466 e. The zero-order valence-corrected chi connectivity index (χ0v) is 14.0. The van der Waals surface area contributed by atoms with E-state index in [0.29, 0.717) is 18.9 Å². The summed E-state index contributed by atoms with van der Waals surface area (Å²) in [7, 11) is 0. The molecule has 5 nitrogen and oxygen atoms in total. The highest BCUT2D eigenvalue weighted by Crippen LogP contribution is 2.31. The van der Waals surface area contributed by atoms with E-state index in [1.807, 2.05) is 6.92 Å². The van der Waals surface area contributed by atoms with E-state index in [9.17, 15) is 4.79 Å². The minimum absolute atomic E-state index is 0.0930. The van der Waals surface area contributed by atoms with Crippen LogP contribution in [0.25, 0.3) is 10.9 Å². The molecule has 3 rings (SSSR count). The fourth-order valence-corrected chi connectivity index (χ4v) is 3.03. The molecule has 0 N–H and O–H groups in total. The molecule has 1 fully saturated rings. The standard InChI is InChI=1S/C18H23N3O2/c1-4-23-17(22)6-5-14-9-21(10-14)18-15-7-12(2)13(3)8-16(15)19-11-20-18/h7-8,11,14H,4-6,9-10H2,1-3H3. The summed E-state index contributed by atoms with van der Waals surface area (Å²) < 4.78 is 4.98. The van der Waals surface area contributed by atoms with Crippen molar-refractivity contribution in [2.75, 3.05) is 24.6 Å². The molecule has 0 unspecified atom stereocenters. The molecule has 0 spiro atoms. The molecule has 1 aliphatic heterocycles. The minimum Gasteiger partial charge on any atom is -0.466 e. The number of hydrogen-bond donors (Lipinski definition) is 0. The van der Waals surface area contributed by atoms with Gasteiger partial charge in [-0.2, -0.15) is 0 Å². The maximum Gasteiger partial charge on any atom is 0.305 e. The number of aromatic nitrogens is 2. The molecule has 1 aromatic heterocycles. The van der Waals surface area contributed by atoms with E-state index in [2.05, 4.69) is 40.8 Å². The summed E-state index contributed by atoms with van der Waals surface area (Å²) in [5.74, 6) is 1.45. The van der Waals surface area contributed by atoms with E-state index in [1.165, 1.54) is 11.1 Å². The Labute approximate surface area is 136 Å². The second-order valence-corrected chi connectivity index (χ2v) is 6.27. The van der Waals surface area contributed by atoms with Gasteiger partial charge in [0, 0.05) is 24.9 Å². The Hall–Kier alpha value is -2.17. The van der Waals surface area contributed by atoms with Crippen LogP contribution in [0.1, 0.15) is 30.9 Å². The zero-order chi connectivity index (χ0) is 16.4. The van der Waals surface area contributed by atoms with Gasteiger partial charge >= 0.3 is 5.97 Å². The van der Waals surface area contributed by atoms with Crippen LogP contribution in [0.4, 0.5) is 5.82 Å². The van der Waals surface area contributed by atoms with E-state index in [4.69, 9.17) is 4.74 Å². The van der Waals surface area contributed by atoms with Crippen LogP contribution in [0.5, 0.6) is 0 Å². The quantitative estimate of drug-likeness (QED) is 0.794. The molecule has 0 atom stereocenters. The number of anilines is 1. The number of esters is 1. The average Bonchev–Trinajstić information content (AvgIpc) is 2.47. The highest BCUT2D eigenvalue weighted by atomic mass is 16.5. The molecule has 0 aliphatic carbocycles. The van der Waals surface area contributed by atoms with Gasteiger partial charge in [0.15, 0.2) is 0 Å². The van der Waals surface area contributed by atoms with Gasteiger partial charge < -0.3 is 9.64 Å². The summed E-state index contributed by atoms with van der Waals surface area (Å²) in [6.45, 7) is 8.40. The van der Waals surface area contributed by atoms with E-state index < -0.39 is 0 Å². The van der Waals surface area contributed by atoms with E-state index in [1.54, 1.807) is 6.33 Å². The molecule has 2 aromatic rings. The molecule has 0 radical (unpaired) electrons. The van der Waals surface area contributed by atoms with Crippen molar-refractivity contribution in [3.8, 4) is 0 Å². The lowest BCUT2D eigenvalue weighted by Gasteiger charge is -2.40. The molecule has 1 aliphatic rings. The molecule has 5 heteroatoms. The predicted octanol–water partition coefficient (Wildman–Crippen LogP) is 3.03. The SMILES string of the molecule is CCOC(=O)CCC1CN(c2ncnc3cc(C)c(C)cc23)C1. The summed E-state index contributed by atoms with van der Waals surface area (Å²) in [5.41, 5.74) is 3.50. The fraction of sp³-hybridized carbons (Fsp3) is 0.500. The lowest BCUT2D eigenvalue weighted by atomic mass is 9.94. The number of rotatable bonds is 5. The number of benzene rings is 1. The van der Waals surface area contributed by atoms with Crippen LogP contribution in [-0.2, 0) is 9.53 Å². The molecular weight excluding hydrogens is 290 g/mol. The van der Waals surface area contributed by atoms with E-state index >= 15 is 0 Å². The van der Waals surface area contributed by atoms with Crippen LogP contribution in [0.2, 0.25) is 0 Å². The summed E-state index contributed by atoms with van der Waals surface area (Å²) in [4.78, 5) is 22.6. The van der Waals surface area contributed by atoms with Crippen molar-refractivity contribution < 1.29 is 9.53 Å². The van der Waals surface area contributed by atoms with Crippen molar-refractivity contribution in [3.05, 3.63) is 29.6 Å². The second kappa shape index (κ2) is 6.52. The van der Waals surface area contributed by atoms with Gasteiger partial charge in [-0.1, -0.05) is 0 Å². The van der Waals surface area contributed by atoms with Crippen LogP contribution < -0.4 is 4.90 Å². The highest BCUT2D eigenvalue weighted by molar-refractivity contribution is 5.90. The van der Waals surface area contributed by atoms with Gasteiger partial charge in [-0.15, -0.1) is 0 Å². The van der Waals surface area contributed by atoms with Gasteiger partial charge in [0.2, 0.25) is 0 Å². The molecule has 0 bridgehead atoms. The molecule has 1 saturated heterocycles. The number of nitrogens with zero attached hydrogens (tertiary/aromatic N) is 3. The number of hydrogen-bond acceptors (Lipinski definition) is 5. The number of carbonyl (C=O) groups excluding carboxylic acids is 1. The maximum atomic E-state index is 11.4.